The molecule has 1 fully saturated rings. The fraction of sp³-hybridized carbons (Fsp3) is 0.269. The van der Waals surface area contributed by atoms with E-state index in [2.05, 4.69) is 4.90 Å². The van der Waals surface area contributed by atoms with Gasteiger partial charge in [-0.3, -0.25) is 24.1 Å². The number of sulfonamides is 1. The van der Waals surface area contributed by atoms with Crippen LogP contribution in [-0.4, -0.2) is 68.6 Å². The lowest BCUT2D eigenvalue weighted by atomic mass is 10.1. The molecule has 0 aliphatic carbocycles. The molecule has 0 aromatic heterocycles. The minimum Gasteiger partial charge on any atom is -0.454 e. The highest BCUT2D eigenvalue weighted by Crippen LogP contribution is 2.33. The third-order valence-corrected chi connectivity index (χ3v) is 8.29. The van der Waals surface area contributed by atoms with Crippen LogP contribution in [0, 0.1) is 10.1 Å². The Bertz CT molecular complexity index is 1440. The minimum absolute atomic E-state index is 0.00662. The van der Waals surface area contributed by atoms with Crippen LogP contribution >= 0.6 is 0 Å². The zero-order chi connectivity index (χ0) is 26.7. The van der Waals surface area contributed by atoms with Crippen molar-refractivity contribution >= 4 is 27.3 Å². The van der Waals surface area contributed by atoms with E-state index in [9.17, 15) is 23.3 Å². The molecule has 1 saturated heterocycles. The summed E-state index contributed by atoms with van der Waals surface area (Å²) in [5.74, 6) is 1.07. The number of nitro benzene ring substituents is 1. The van der Waals surface area contributed by atoms with Crippen molar-refractivity contribution in [2.75, 3.05) is 43.8 Å². The van der Waals surface area contributed by atoms with Crippen LogP contribution in [0.4, 0.5) is 11.4 Å². The Balaban J connectivity index is 1.29. The smallest absolute Gasteiger partial charge is 0.271 e. The van der Waals surface area contributed by atoms with Crippen LogP contribution in [0.3, 0.4) is 0 Å². The molecule has 1 amide bonds. The molecule has 5 rings (SSSR count). The van der Waals surface area contributed by atoms with Gasteiger partial charge in [-0.1, -0.05) is 30.3 Å². The number of fused-ring (bicyclic) bond motifs is 1. The normalized spacial score (nSPS) is 15.3. The quantitative estimate of drug-likeness (QED) is 0.317. The number of rotatable bonds is 8. The average molecular weight is 539 g/mol. The largest absolute Gasteiger partial charge is 0.454 e. The number of anilines is 1. The fourth-order valence-electron chi connectivity index (χ4n) is 4.47. The second-order valence-corrected chi connectivity index (χ2v) is 10.8. The van der Waals surface area contributed by atoms with Crippen LogP contribution in [0.1, 0.15) is 5.56 Å². The van der Waals surface area contributed by atoms with Gasteiger partial charge in [-0.05, 0) is 35.9 Å². The second-order valence-electron chi connectivity index (χ2n) is 8.95. The highest BCUT2D eigenvalue weighted by Gasteiger charge is 2.31. The predicted octanol–water partition coefficient (Wildman–Crippen LogP) is 2.86. The van der Waals surface area contributed by atoms with E-state index in [1.807, 2.05) is 18.2 Å². The highest BCUT2D eigenvalue weighted by molar-refractivity contribution is 7.92. The van der Waals surface area contributed by atoms with Gasteiger partial charge in [0, 0.05) is 44.9 Å². The molecule has 0 spiro atoms. The number of ether oxygens (including phenoxy) is 2. The number of non-ortho nitro benzene ring substituents is 1. The van der Waals surface area contributed by atoms with Crippen molar-refractivity contribution in [2.45, 2.75) is 11.4 Å². The summed E-state index contributed by atoms with van der Waals surface area (Å²) >= 11 is 0. The zero-order valence-corrected chi connectivity index (χ0v) is 21.2. The van der Waals surface area contributed by atoms with Crippen molar-refractivity contribution in [3.63, 3.8) is 0 Å². The molecule has 2 aliphatic rings. The maximum atomic E-state index is 13.5. The van der Waals surface area contributed by atoms with Gasteiger partial charge in [0.15, 0.2) is 11.5 Å². The molecule has 38 heavy (non-hydrogen) atoms. The van der Waals surface area contributed by atoms with Crippen molar-refractivity contribution in [1.82, 2.24) is 9.80 Å². The molecule has 0 unspecified atom stereocenters. The van der Waals surface area contributed by atoms with Gasteiger partial charge in [-0.25, -0.2) is 8.42 Å². The number of benzene rings is 3. The first-order valence-corrected chi connectivity index (χ1v) is 13.5. The Kier molecular flexibility index (Phi) is 7.16. The predicted molar refractivity (Wildman–Crippen MR) is 138 cm³/mol. The van der Waals surface area contributed by atoms with Gasteiger partial charge < -0.3 is 14.4 Å². The van der Waals surface area contributed by atoms with Crippen molar-refractivity contribution in [3.05, 3.63) is 88.5 Å². The molecule has 0 radical (unpaired) electrons. The van der Waals surface area contributed by atoms with Crippen LogP contribution in [0.5, 0.6) is 11.5 Å². The summed E-state index contributed by atoms with van der Waals surface area (Å²) in [7, 11) is -4.16. The Morgan fingerprint density at radius 3 is 2.39 bits per heavy atom. The fourth-order valence-corrected chi connectivity index (χ4v) is 5.90. The average Bonchev–Trinajstić information content (AvgIpc) is 3.40. The molecule has 0 bridgehead atoms. The molecular formula is C26H26N4O7S. The molecule has 198 valence electrons. The third-order valence-electron chi connectivity index (χ3n) is 6.51. The molecule has 3 aromatic carbocycles. The first kappa shape index (κ1) is 25.5. The first-order chi connectivity index (χ1) is 18.3. The van der Waals surface area contributed by atoms with E-state index in [0.717, 1.165) is 27.4 Å². The van der Waals surface area contributed by atoms with Gasteiger partial charge in [0.25, 0.3) is 15.7 Å². The van der Waals surface area contributed by atoms with Gasteiger partial charge in [0.1, 0.15) is 6.54 Å². The summed E-state index contributed by atoms with van der Waals surface area (Å²) in [6.45, 7) is 2.51. The number of nitro groups is 1. The van der Waals surface area contributed by atoms with Crippen molar-refractivity contribution in [2.24, 2.45) is 0 Å². The van der Waals surface area contributed by atoms with Crippen molar-refractivity contribution in [1.29, 1.82) is 0 Å². The number of piperazine rings is 1. The van der Waals surface area contributed by atoms with E-state index in [-0.39, 0.29) is 29.0 Å². The van der Waals surface area contributed by atoms with E-state index < -0.39 is 21.5 Å². The summed E-state index contributed by atoms with van der Waals surface area (Å²) in [5, 5.41) is 11.3. The number of hydrogen-bond acceptors (Lipinski definition) is 8. The molecular weight excluding hydrogens is 512 g/mol. The summed E-state index contributed by atoms with van der Waals surface area (Å²) in [5.41, 5.74) is 0.859. The lowest BCUT2D eigenvalue weighted by Gasteiger charge is -2.36. The molecule has 2 aliphatic heterocycles. The summed E-state index contributed by atoms with van der Waals surface area (Å²) in [6, 6.07) is 18.8. The lowest BCUT2D eigenvalue weighted by molar-refractivity contribution is -0.384. The second kappa shape index (κ2) is 10.7. The standard InChI is InChI=1S/C26H26N4O7S/c31-26(28-13-11-27(12-14-28)17-20-9-10-24-25(15-20)37-19-36-24)18-29(21-5-4-6-22(16-21)30(32)33)38(34,35)23-7-2-1-3-8-23/h1-10,15-16H,11-14,17-19H2. The van der Waals surface area contributed by atoms with E-state index in [4.69, 9.17) is 9.47 Å². The Labute approximate surface area is 220 Å². The van der Waals surface area contributed by atoms with E-state index in [0.29, 0.717) is 32.7 Å². The van der Waals surface area contributed by atoms with Gasteiger partial charge in [0.2, 0.25) is 12.7 Å². The van der Waals surface area contributed by atoms with E-state index >= 15 is 0 Å². The van der Waals surface area contributed by atoms with Crippen LogP contribution < -0.4 is 13.8 Å². The van der Waals surface area contributed by atoms with Gasteiger partial charge >= 0.3 is 0 Å². The minimum atomic E-state index is -4.16. The molecule has 11 nitrogen and oxygen atoms in total. The first-order valence-electron chi connectivity index (χ1n) is 12.0. The molecule has 12 heteroatoms. The lowest BCUT2D eigenvalue weighted by Crippen LogP contribution is -2.51. The zero-order valence-electron chi connectivity index (χ0n) is 20.4. The molecule has 2 heterocycles. The number of carbonyl (C=O) groups is 1. The van der Waals surface area contributed by atoms with Gasteiger partial charge in [-0.15, -0.1) is 0 Å². The number of carbonyl (C=O) groups excluding carboxylic acids is 1. The molecule has 0 atom stereocenters. The summed E-state index contributed by atoms with van der Waals surface area (Å²) in [6.07, 6.45) is 0. The van der Waals surface area contributed by atoms with Crippen molar-refractivity contribution < 1.29 is 27.6 Å². The van der Waals surface area contributed by atoms with Crippen LogP contribution in [0.2, 0.25) is 0 Å². The van der Waals surface area contributed by atoms with Crippen molar-refractivity contribution in [3.8, 4) is 11.5 Å². The van der Waals surface area contributed by atoms with E-state index in [1.165, 1.54) is 30.3 Å². The summed E-state index contributed by atoms with van der Waals surface area (Å²) in [4.78, 5) is 27.9. The maximum absolute atomic E-state index is 13.5. The number of hydrogen-bond donors (Lipinski definition) is 0. The monoisotopic (exact) mass is 538 g/mol. The summed E-state index contributed by atoms with van der Waals surface area (Å²) < 4.78 is 38.8. The molecule has 0 N–H and O–H groups in total. The molecule has 3 aromatic rings. The van der Waals surface area contributed by atoms with Crippen LogP contribution in [0.25, 0.3) is 0 Å². The van der Waals surface area contributed by atoms with Gasteiger partial charge in [-0.2, -0.15) is 0 Å². The SMILES string of the molecule is O=C(CN(c1cccc([N+](=O)[O-])c1)S(=O)(=O)c1ccccc1)N1CCN(Cc2ccc3c(c2)OCO3)CC1. The molecule has 0 saturated carbocycles. The topological polar surface area (TPSA) is 123 Å². The highest BCUT2D eigenvalue weighted by atomic mass is 32.2. The number of amides is 1. The van der Waals surface area contributed by atoms with Crippen LogP contribution in [0.15, 0.2) is 77.7 Å². The van der Waals surface area contributed by atoms with E-state index in [1.54, 1.807) is 23.1 Å². The Morgan fingerprint density at radius 1 is 0.921 bits per heavy atom. The maximum Gasteiger partial charge on any atom is 0.271 e. The Hall–Kier alpha value is -4.16. The number of nitrogens with zero attached hydrogens (tertiary/aromatic N) is 4. The Morgan fingerprint density at radius 2 is 1.66 bits per heavy atom. The third kappa shape index (κ3) is 5.41. The van der Waals surface area contributed by atoms with Gasteiger partial charge in [0.05, 0.1) is 15.5 Å². The van der Waals surface area contributed by atoms with Crippen LogP contribution in [-0.2, 0) is 21.4 Å².